The van der Waals surface area contributed by atoms with Crippen molar-refractivity contribution in [3.63, 3.8) is 0 Å². The highest BCUT2D eigenvalue weighted by molar-refractivity contribution is 7.98. The number of ketones is 1. The molecule has 0 aliphatic carbocycles. The number of thiophene rings is 1. The van der Waals surface area contributed by atoms with E-state index in [4.69, 9.17) is 0 Å². The van der Waals surface area contributed by atoms with Crippen LogP contribution in [0.1, 0.15) is 33.5 Å². The van der Waals surface area contributed by atoms with Gasteiger partial charge in [0.05, 0.1) is 6.54 Å². The molecule has 0 spiro atoms. The highest BCUT2D eigenvalue weighted by atomic mass is 32.2. The SMILES string of the molecule is CCC(CSC)N(C)CC(=O)c1cc(C)sc1C. The van der Waals surface area contributed by atoms with Crippen molar-refractivity contribution in [2.75, 3.05) is 25.6 Å². The fraction of sp³-hybridized carbons (Fsp3) is 0.643. The number of nitrogens with zero attached hydrogens (tertiary/aromatic N) is 1. The molecule has 1 unspecified atom stereocenters. The lowest BCUT2D eigenvalue weighted by atomic mass is 10.1. The van der Waals surface area contributed by atoms with Crippen LogP contribution in [0.15, 0.2) is 6.07 Å². The van der Waals surface area contributed by atoms with E-state index in [1.165, 1.54) is 4.88 Å². The second kappa shape index (κ2) is 7.31. The minimum Gasteiger partial charge on any atom is -0.295 e. The molecule has 0 aliphatic heterocycles. The molecule has 0 amide bonds. The molecule has 0 bridgehead atoms. The van der Waals surface area contributed by atoms with Crippen molar-refractivity contribution in [1.29, 1.82) is 0 Å². The third-order valence-corrected chi connectivity index (χ3v) is 4.87. The van der Waals surface area contributed by atoms with Gasteiger partial charge in [-0.25, -0.2) is 0 Å². The van der Waals surface area contributed by atoms with Gasteiger partial charge in [0.15, 0.2) is 5.78 Å². The van der Waals surface area contributed by atoms with Gasteiger partial charge in [-0.3, -0.25) is 9.69 Å². The lowest BCUT2D eigenvalue weighted by Crippen LogP contribution is -2.37. The van der Waals surface area contributed by atoms with Gasteiger partial charge in [0.25, 0.3) is 0 Å². The molecule has 1 aromatic rings. The average molecular weight is 285 g/mol. The first kappa shape index (κ1) is 15.7. The van der Waals surface area contributed by atoms with Gasteiger partial charge in [0, 0.05) is 27.1 Å². The van der Waals surface area contributed by atoms with E-state index in [-0.39, 0.29) is 5.78 Å². The summed E-state index contributed by atoms with van der Waals surface area (Å²) < 4.78 is 0. The smallest absolute Gasteiger partial charge is 0.177 e. The number of likely N-dealkylation sites (N-methyl/N-ethyl adjacent to an activating group) is 1. The van der Waals surface area contributed by atoms with Crippen molar-refractivity contribution >= 4 is 28.9 Å². The molecular weight excluding hydrogens is 262 g/mol. The Morgan fingerprint density at radius 2 is 2.17 bits per heavy atom. The second-order valence-electron chi connectivity index (χ2n) is 4.68. The fourth-order valence-corrected chi connectivity index (χ4v) is 3.92. The molecule has 0 saturated carbocycles. The lowest BCUT2D eigenvalue weighted by molar-refractivity contribution is 0.0925. The Labute approximate surface area is 119 Å². The molecule has 0 aromatic carbocycles. The van der Waals surface area contributed by atoms with Crippen molar-refractivity contribution in [1.82, 2.24) is 4.90 Å². The Hall–Kier alpha value is -0.320. The summed E-state index contributed by atoms with van der Waals surface area (Å²) in [5.74, 6) is 1.33. The summed E-state index contributed by atoms with van der Waals surface area (Å²) in [6, 6.07) is 2.51. The van der Waals surface area contributed by atoms with Gasteiger partial charge in [0.2, 0.25) is 0 Å². The minimum atomic E-state index is 0.249. The maximum atomic E-state index is 12.3. The Kier molecular flexibility index (Phi) is 6.39. The molecule has 0 radical (unpaired) electrons. The quantitative estimate of drug-likeness (QED) is 0.714. The van der Waals surface area contributed by atoms with Crippen LogP contribution in [0.25, 0.3) is 0 Å². The number of carbonyl (C=O) groups is 1. The summed E-state index contributed by atoms with van der Waals surface area (Å²) >= 11 is 3.55. The van der Waals surface area contributed by atoms with Crippen LogP contribution in [0.3, 0.4) is 0 Å². The van der Waals surface area contributed by atoms with Crippen molar-refractivity contribution in [2.45, 2.75) is 33.2 Å². The number of rotatable bonds is 7. The zero-order chi connectivity index (χ0) is 13.7. The topological polar surface area (TPSA) is 20.3 Å². The van der Waals surface area contributed by atoms with Crippen LogP contribution in [0.2, 0.25) is 0 Å². The molecule has 0 saturated heterocycles. The van der Waals surface area contributed by atoms with E-state index in [1.807, 2.05) is 24.8 Å². The van der Waals surface area contributed by atoms with Crippen molar-refractivity contribution < 1.29 is 4.79 Å². The van der Waals surface area contributed by atoms with Crippen molar-refractivity contribution in [3.8, 4) is 0 Å². The summed E-state index contributed by atoms with van der Waals surface area (Å²) in [6.07, 6.45) is 3.21. The monoisotopic (exact) mass is 285 g/mol. The predicted octanol–water partition coefficient (Wildman–Crippen LogP) is 3.62. The van der Waals surface area contributed by atoms with Crippen LogP contribution in [-0.2, 0) is 0 Å². The average Bonchev–Trinajstić information content (AvgIpc) is 2.65. The molecule has 102 valence electrons. The van der Waals surface area contributed by atoms with Crippen molar-refractivity contribution in [2.24, 2.45) is 0 Å². The van der Waals surface area contributed by atoms with E-state index >= 15 is 0 Å². The summed E-state index contributed by atoms with van der Waals surface area (Å²) in [5.41, 5.74) is 0.906. The van der Waals surface area contributed by atoms with E-state index < -0.39 is 0 Å². The first-order valence-corrected chi connectivity index (χ1v) is 8.50. The first-order chi connectivity index (χ1) is 8.49. The van der Waals surface area contributed by atoms with Crippen LogP contribution < -0.4 is 0 Å². The van der Waals surface area contributed by atoms with Gasteiger partial charge in [-0.15, -0.1) is 11.3 Å². The largest absolute Gasteiger partial charge is 0.295 e. The summed E-state index contributed by atoms with van der Waals surface area (Å²) in [7, 11) is 2.05. The third kappa shape index (κ3) is 4.11. The molecule has 0 fully saturated rings. The van der Waals surface area contributed by atoms with Gasteiger partial charge >= 0.3 is 0 Å². The Morgan fingerprint density at radius 1 is 1.50 bits per heavy atom. The van der Waals surface area contributed by atoms with Gasteiger partial charge in [0.1, 0.15) is 0 Å². The summed E-state index contributed by atoms with van der Waals surface area (Å²) in [5, 5.41) is 0. The number of hydrogen-bond acceptors (Lipinski definition) is 4. The van der Waals surface area contributed by atoms with E-state index in [9.17, 15) is 4.79 Å². The molecule has 1 heterocycles. The Morgan fingerprint density at radius 3 is 2.61 bits per heavy atom. The van der Waals surface area contributed by atoms with E-state index in [1.54, 1.807) is 11.3 Å². The second-order valence-corrected chi connectivity index (χ2v) is 7.05. The predicted molar refractivity (Wildman–Crippen MR) is 83.2 cm³/mol. The standard InChI is InChI=1S/C14H23NOS2/c1-6-12(9-17-5)15(4)8-14(16)13-7-10(2)18-11(13)3/h7,12H,6,8-9H2,1-5H3. The number of thioether (sulfide) groups is 1. The minimum absolute atomic E-state index is 0.249. The highest BCUT2D eigenvalue weighted by Gasteiger charge is 2.18. The molecule has 4 heteroatoms. The summed E-state index contributed by atoms with van der Waals surface area (Å²) in [6.45, 7) is 6.79. The molecule has 18 heavy (non-hydrogen) atoms. The Balaban J connectivity index is 2.66. The molecule has 1 atom stereocenters. The van der Waals surface area contributed by atoms with Gasteiger partial charge in [-0.1, -0.05) is 6.92 Å². The van der Waals surface area contributed by atoms with Gasteiger partial charge in [-0.05, 0) is 39.6 Å². The molecule has 2 nitrogen and oxygen atoms in total. The number of carbonyl (C=O) groups excluding carboxylic acids is 1. The zero-order valence-electron chi connectivity index (χ0n) is 11.9. The number of aryl methyl sites for hydroxylation is 2. The first-order valence-electron chi connectivity index (χ1n) is 6.29. The Bertz CT molecular complexity index is 400. The normalized spacial score (nSPS) is 13.0. The molecule has 0 N–H and O–H groups in total. The molecule has 0 aliphatic rings. The van der Waals surface area contributed by atoms with Crippen LogP contribution in [0.4, 0.5) is 0 Å². The lowest BCUT2D eigenvalue weighted by Gasteiger charge is -2.25. The molecular formula is C14H23NOS2. The van der Waals surface area contributed by atoms with Crippen LogP contribution >= 0.6 is 23.1 Å². The number of Topliss-reactive ketones (excluding diaryl/α,β-unsaturated/α-hetero) is 1. The zero-order valence-corrected chi connectivity index (χ0v) is 13.6. The fourth-order valence-electron chi connectivity index (χ4n) is 2.10. The van der Waals surface area contributed by atoms with Crippen molar-refractivity contribution in [3.05, 3.63) is 21.4 Å². The maximum absolute atomic E-state index is 12.3. The summed E-state index contributed by atoms with van der Waals surface area (Å²) in [4.78, 5) is 16.8. The van der Waals surface area contributed by atoms with E-state index in [0.717, 1.165) is 22.6 Å². The van der Waals surface area contributed by atoms with Crippen LogP contribution in [0.5, 0.6) is 0 Å². The maximum Gasteiger partial charge on any atom is 0.177 e. The van der Waals surface area contributed by atoms with Crippen LogP contribution in [0, 0.1) is 13.8 Å². The number of hydrogen-bond donors (Lipinski definition) is 0. The third-order valence-electron chi connectivity index (χ3n) is 3.19. The van der Waals surface area contributed by atoms with E-state index in [2.05, 4.69) is 32.1 Å². The van der Waals surface area contributed by atoms with E-state index in [0.29, 0.717) is 12.6 Å². The van der Waals surface area contributed by atoms with Crippen LogP contribution in [-0.4, -0.2) is 42.3 Å². The van der Waals surface area contributed by atoms with Gasteiger partial charge < -0.3 is 0 Å². The highest BCUT2D eigenvalue weighted by Crippen LogP contribution is 2.21. The van der Waals surface area contributed by atoms with Gasteiger partial charge in [-0.2, -0.15) is 11.8 Å². The molecule has 1 rings (SSSR count). The molecule has 1 aromatic heterocycles.